The van der Waals surface area contributed by atoms with Gasteiger partial charge >= 0.3 is 0 Å². The van der Waals surface area contributed by atoms with Gasteiger partial charge in [-0.2, -0.15) is 5.26 Å². The molecule has 0 spiro atoms. The summed E-state index contributed by atoms with van der Waals surface area (Å²) in [6.45, 7) is 6.61. The average Bonchev–Trinajstić information content (AvgIpc) is 3.26. The molecular weight excluding hydrogens is 509 g/mol. The number of fused-ring (bicyclic) bond motifs is 1. The first kappa shape index (κ1) is 24.2. The number of benzene rings is 3. The van der Waals surface area contributed by atoms with Crippen LogP contribution in [-0.4, -0.2) is 16.6 Å². The Bertz CT molecular complexity index is 1440. The zero-order valence-electron chi connectivity index (χ0n) is 19.1. The van der Waals surface area contributed by atoms with Crippen molar-refractivity contribution in [1.82, 2.24) is 9.97 Å². The molecule has 0 unspecified atom stereocenters. The Balaban J connectivity index is 1.71. The Morgan fingerprint density at radius 1 is 1.17 bits per heavy atom. The van der Waals surface area contributed by atoms with Crippen molar-refractivity contribution < 1.29 is 13.9 Å². The molecule has 5 nitrogen and oxygen atoms in total. The van der Waals surface area contributed by atoms with Gasteiger partial charge in [-0.1, -0.05) is 34.1 Å². The number of ether oxygens (including phenoxy) is 2. The van der Waals surface area contributed by atoms with Gasteiger partial charge < -0.3 is 14.5 Å². The predicted molar refractivity (Wildman–Crippen MR) is 140 cm³/mol. The molecule has 0 aliphatic rings. The van der Waals surface area contributed by atoms with Crippen molar-refractivity contribution in [3.05, 3.63) is 100 Å². The van der Waals surface area contributed by atoms with Gasteiger partial charge in [0.2, 0.25) is 0 Å². The number of imidazole rings is 1. The van der Waals surface area contributed by atoms with Crippen molar-refractivity contribution in [3.63, 3.8) is 0 Å². The minimum atomic E-state index is -0.371. The molecule has 4 aromatic rings. The van der Waals surface area contributed by atoms with Crippen LogP contribution in [0.3, 0.4) is 0 Å². The number of rotatable bonds is 9. The molecule has 0 radical (unpaired) electrons. The molecule has 0 saturated heterocycles. The van der Waals surface area contributed by atoms with Gasteiger partial charge in [-0.3, -0.25) is 0 Å². The van der Waals surface area contributed by atoms with Crippen LogP contribution < -0.4 is 9.47 Å². The van der Waals surface area contributed by atoms with Crippen molar-refractivity contribution in [2.24, 2.45) is 0 Å². The second kappa shape index (κ2) is 11.0. The first-order valence-corrected chi connectivity index (χ1v) is 11.8. The van der Waals surface area contributed by atoms with E-state index in [9.17, 15) is 9.65 Å². The molecule has 176 valence electrons. The van der Waals surface area contributed by atoms with E-state index in [0.29, 0.717) is 53.6 Å². The van der Waals surface area contributed by atoms with Crippen molar-refractivity contribution in [2.75, 3.05) is 6.61 Å². The molecule has 1 heterocycles. The van der Waals surface area contributed by atoms with E-state index in [1.807, 2.05) is 43.3 Å². The summed E-state index contributed by atoms with van der Waals surface area (Å²) in [6.07, 6.45) is 4.08. The highest BCUT2D eigenvalue weighted by atomic mass is 79.9. The van der Waals surface area contributed by atoms with Gasteiger partial charge in [0.1, 0.15) is 24.3 Å². The number of nitriles is 1. The summed E-state index contributed by atoms with van der Waals surface area (Å²) in [6, 6.07) is 18.2. The molecule has 1 N–H and O–H groups in total. The van der Waals surface area contributed by atoms with Gasteiger partial charge in [0.15, 0.2) is 11.5 Å². The largest absolute Gasteiger partial charge is 0.490 e. The molecule has 0 aliphatic heterocycles. The Kier molecular flexibility index (Phi) is 7.64. The molecule has 3 aromatic carbocycles. The lowest BCUT2D eigenvalue weighted by atomic mass is 10.0. The average molecular weight is 532 g/mol. The smallest absolute Gasteiger partial charge is 0.165 e. The number of aromatic nitrogens is 2. The Morgan fingerprint density at radius 3 is 2.69 bits per heavy atom. The van der Waals surface area contributed by atoms with Gasteiger partial charge in [-0.25, -0.2) is 9.37 Å². The van der Waals surface area contributed by atoms with Crippen LogP contribution in [0.4, 0.5) is 4.39 Å². The molecule has 35 heavy (non-hydrogen) atoms. The van der Waals surface area contributed by atoms with E-state index < -0.39 is 0 Å². The van der Waals surface area contributed by atoms with Gasteiger partial charge in [-0.15, -0.1) is 6.58 Å². The third kappa shape index (κ3) is 5.79. The molecular formula is C28H23BrFN3O2. The molecule has 0 bridgehead atoms. The summed E-state index contributed by atoms with van der Waals surface area (Å²) in [7, 11) is 0. The Labute approximate surface area is 211 Å². The number of H-pyrrole nitrogens is 1. The lowest BCUT2D eigenvalue weighted by Gasteiger charge is -2.17. The van der Waals surface area contributed by atoms with Gasteiger partial charge in [0, 0.05) is 10.0 Å². The summed E-state index contributed by atoms with van der Waals surface area (Å²) in [5, 5.41) is 9.82. The monoisotopic (exact) mass is 531 g/mol. The lowest BCUT2D eigenvalue weighted by molar-refractivity contribution is 0.267. The molecule has 0 saturated carbocycles. The van der Waals surface area contributed by atoms with Crippen molar-refractivity contribution >= 4 is 38.6 Å². The number of halogens is 2. The van der Waals surface area contributed by atoms with E-state index in [1.54, 1.807) is 18.2 Å². The Hall–Kier alpha value is -3.89. The van der Waals surface area contributed by atoms with Crippen molar-refractivity contribution in [3.8, 4) is 17.6 Å². The first-order chi connectivity index (χ1) is 17.0. The third-order valence-corrected chi connectivity index (χ3v) is 5.77. The summed E-state index contributed by atoms with van der Waals surface area (Å²) in [5.41, 5.74) is 4.10. The van der Waals surface area contributed by atoms with Gasteiger partial charge in [-0.05, 0) is 73.0 Å². The van der Waals surface area contributed by atoms with Gasteiger partial charge in [0.25, 0.3) is 0 Å². The van der Waals surface area contributed by atoms with Crippen LogP contribution in [0.1, 0.15) is 29.4 Å². The molecule has 4 rings (SSSR count). The standard InChI is InChI=1S/C28H23BrFN3O2/c1-3-5-20-12-19(13-21(16-31)28-32-24-11-10-23(30)15-25(24)33-28)14-26(34-4-2)27(20)35-17-18-6-8-22(29)9-7-18/h3,6-15H,1,4-5,17H2,2H3,(H,32,33)/b21-13-. The van der Waals surface area contributed by atoms with Crippen LogP contribution in [0.25, 0.3) is 22.7 Å². The van der Waals surface area contributed by atoms with Crippen LogP contribution in [0, 0.1) is 17.1 Å². The molecule has 0 amide bonds. The summed E-state index contributed by atoms with van der Waals surface area (Å²) >= 11 is 3.45. The fourth-order valence-electron chi connectivity index (χ4n) is 3.67. The van der Waals surface area contributed by atoms with Crippen LogP contribution >= 0.6 is 15.9 Å². The SMILES string of the molecule is C=CCc1cc(/C=C(/C#N)c2nc3ccc(F)cc3[nH]2)cc(OCC)c1OCc1ccc(Br)cc1. The maximum Gasteiger partial charge on any atom is 0.165 e. The topological polar surface area (TPSA) is 70.9 Å². The maximum atomic E-state index is 13.6. The Morgan fingerprint density at radius 2 is 1.97 bits per heavy atom. The van der Waals surface area contributed by atoms with E-state index >= 15 is 0 Å². The summed E-state index contributed by atoms with van der Waals surface area (Å²) < 4.78 is 26.7. The molecule has 0 aliphatic carbocycles. The quantitative estimate of drug-likeness (QED) is 0.182. The van der Waals surface area contributed by atoms with Crippen LogP contribution in [0.15, 0.2) is 71.7 Å². The van der Waals surface area contributed by atoms with E-state index in [2.05, 4.69) is 38.5 Å². The van der Waals surface area contributed by atoms with E-state index in [1.165, 1.54) is 12.1 Å². The number of nitrogens with zero attached hydrogens (tertiary/aromatic N) is 2. The maximum absolute atomic E-state index is 13.6. The van der Waals surface area contributed by atoms with Crippen molar-refractivity contribution in [1.29, 1.82) is 5.26 Å². The highest BCUT2D eigenvalue weighted by Crippen LogP contribution is 2.36. The minimum Gasteiger partial charge on any atom is -0.490 e. The second-order valence-corrected chi connectivity index (χ2v) is 8.68. The number of nitrogens with one attached hydrogen (secondary N) is 1. The normalized spacial score (nSPS) is 11.3. The number of aromatic amines is 1. The highest BCUT2D eigenvalue weighted by molar-refractivity contribution is 9.10. The summed E-state index contributed by atoms with van der Waals surface area (Å²) in [5.74, 6) is 1.22. The van der Waals surface area contributed by atoms with Gasteiger partial charge in [0.05, 0.1) is 23.2 Å². The summed E-state index contributed by atoms with van der Waals surface area (Å²) in [4.78, 5) is 7.46. The zero-order valence-corrected chi connectivity index (χ0v) is 20.7. The third-order valence-electron chi connectivity index (χ3n) is 5.25. The molecule has 0 fully saturated rings. The number of hydrogen-bond acceptors (Lipinski definition) is 4. The fraction of sp³-hybridized carbons (Fsp3) is 0.143. The number of hydrogen-bond donors (Lipinski definition) is 1. The predicted octanol–water partition coefficient (Wildman–Crippen LogP) is 7.23. The van der Waals surface area contributed by atoms with Crippen LogP contribution in [0.2, 0.25) is 0 Å². The van der Waals surface area contributed by atoms with E-state index in [-0.39, 0.29) is 5.82 Å². The van der Waals surface area contributed by atoms with E-state index in [4.69, 9.17) is 9.47 Å². The second-order valence-electron chi connectivity index (χ2n) is 7.76. The number of allylic oxidation sites excluding steroid dienone is 2. The van der Waals surface area contributed by atoms with Crippen LogP contribution in [0.5, 0.6) is 11.5 Å². The van der Waals surface area contributed by atoms with E-state index in [0.717, 1.165) is 21.2 Å². The highest BCUT2D eigenvalue weighted by Gasteiger charge is 2.15. The van der Waals surface area contributed by atoms with Crippen LogP contribution in [-0.2, 0) is 13.0 Å². The zero-order chi connectivity index (χ0) is 24.8. The molecule has 0 atom stereocenters. The van der Waals surface area contributed by atoms with Crippen molar-refractivity contribution in [2.45, 2.75) is 20.0 Å². The minimum absolute atomic E-state index is 0.317. The molecule has 7 heteroatoms. The fourth-order valence-corrected chi connectivity index (χ4v) is 3.93. The lowest BCUT2D eigenvalue weighted by Crippen LogP contribution is -2.03. The molecule has 1 aromatic heterocycles. The first-order valence-electron chi connectivity index (χ1n) is 11.1.